The van der Waals surface area contributed by atoms with Crippen molar-refractivity contribution in [3.8, 4) is 0 Å². The molecule has 0 amide bonds. The number of halogens is 1. The highest BCUT2D eigenvalue weighted by molar-refractivity contribution is 9.10. The van der Waals surface area contributed by atoms with Gasteiger partial charge in [0.1, 0.15) is 0 Å². The molecule has 0 spiro atoms. The van der Waals surface area contributed by atoms with Crippen molar-refractivity contribution in [3.63, 3.8) is 0 Å². The molecule has 1 aromatic rings. The molecule has 4 heteroatoms. The van der Waals surface area contributed by atoms with E-state index in [4.69, 9.17) is 0 Å². The summed E-state index contributed by atoms with van der Waals surface area (Å²) in [6, 6.07) is 8.33. The fourth-order valence-corrected chi connectivity index (χ4v) is 5.10. The van der Waals surface area contributed by atoms with Crippen LogP contribution in [0.15, 0.2) is 33.6 Å². The quantitative estimate of drug-likeness (QED) is 0.929. The van der Waals surface area contributed by atoms with Crippen LogP contribution in [0.3, 0.4) is 0 Å². The molecule has 1 aliphatic carbocycles. The number of hydrogen-bond donors (Lipinski definition) is 1. The van der Waals surface area contributed by atoms with Gasteiger partial charge in [0.15, 0.2) is 0 Å². The van der Waals surface area contributed by atoms with E-state index >= 15 is 0 Å². The zero-order chi connectivity index (χ0) is 12.4. The molecule has 0 saturated heterocycles. The minimum atomic E-state index is -0.910. The highest BCUT2D eigenvalue weighted by Gasteiger charge is 2.36. The molecule has 94 valence electrons. The summed E-state index contributed by atoms with van der Waals surface area (Å²) in [5.74, 6) is 0.466. The Morgan fingerprint density at radius 1 is 1.35 bits per heavy atom. The van der Waals surface area contributed by atoms with E-state index in [0.29, 0.717) is 12.0 Å². The molecule has 1 N–H and O–H groups in total. The van der Waals surface area contributed by atoms with Crippen molar-refractivity contribution in [2.45, 2.75) is 36.0 Å². The van der Waals surface area contributed by atoms with Gasteiger partial charge in [-0.15, -0.1) is 0 Å². The van der Waals surface area contributed by atoms with Gasteiger partial charge in [0.2, 0.25) is 0 Å². The first-order valence-corrected chi connectivity index (χ1v) is 7.98. The minimum absolute atomic E-state index is 0.270. The average molecular weight is 316 g/mol. The predicted octanol–water partition coefficient (Wildman–Crippen LogP) is 2.94. The van der Waals surface area contributed by atoms with E-state index in [9.17, 15) is 4.21 Å². The van der Waals surface area contributed by atoms with Gasteiger partial charge in [-0.05, 0) is 53.9 Å². The van der Waals surface area contributed by atoms with Crippen LogP contribution in [0, 0.1) is 5.92 Å². The number of hydrogen-bond acceptors (Lipinski definition) is 2. The molecule has 1 saturated carbocycles. The zero-order valence-electron chi connectivity index (χ0n) is 10.2. The first-order chi connectivity index (χ1) is 8.15. The van der Waals surface area contributed by atoms with E-state index in [1.807, 2.05) is 31.3 Å². The lowest BCUT2D eigenvalue weighted by Crippen LogP contribution is -2.32. The van der Waals surface area contributed by atoms with Gasteiger partial charge >= 0.3 is 0 Å². The Kier molecular flexibility index (Phi) is 4.39. The molecule has 4 atom stereocenters. The Morgan fingerprint density at radius 2 is 2.06 bits per heavy atom. The standard InChI is InChI=1S/C13H18BrNOS/c1-9-11(15-2)7-8-12(9)17(16)13-6-4-3-5-10(13)14/h3-6,9,11-12,15H,7-8H2,1-2H3. The third-order valence-corrected chi connectivity index (χ3v) is 6.64. The molecule has 1 aromatic carbocycles. The Morgan fingerprint density at radius 3 is 2.65 bits per heavy atom. The largest absolute Gasteiger partial charge is 0.317 e. The molecule has 0 heterocycles. The molecule has 2 nitrogen and oxygen atoms in total. The smallest absolute Gasteiger partial charge is 0.0575 e. The van der Waals surface area contributed by atoms with Crippen LogP contribution in [0.1, 0.15) is 19.8 Å². The van der Waals surface area contributed by atoms with Crippen LogP contribution < -0.4 is 5.32 Å². The normalized spacial score (nSPS) is 30.4. The fourth-order valence-electron chi connectivity index (χ4n) is 2.61. The molecule has 1 fully saturated rings. The van der Waals surface area contributed by atoms with Crippen molar-refractivity contribution in [1.29, 1.82) is 0 Å². The Balaban J connectivity index is 2.19. The van der Waals surface area contributed by atoms with Crippen molar-refractivity contribution in [3.05, 3.63) is 28.7 Å². The van der Waals surface area contributed by atoms with Gasteiger partial charge in [0.05, 0.1) is 15.7 Å². The Labute approximate surface area is 114 Å². The average Bonchev–Trinajstić information content (AvgIpc) is 2.70. The third kappa shape index (κ3) is 2.64. The van der Waals surface area contributed by atoms with Crippen molar-refractivity contribution in [2.75, 3.05) is 7.05 Å². The van der Waals surface area contributed by atoms with Crippen LogP contribution in [-0.4, -0.2) is 22.5 Å². The maximum atomic E-state index is 12.6. The molecule has 0 bridgehead atoms. The number of benzene rings is 1. The summed E-state index contributed by atoms with van der Waals surface area (Å²) in [6.07, 6.45) is 2.17. The second-order valence-corrected chi connectivity index (χ2v) is 7.09. The van der Waals surface area contributed by atoms with E-state index in [2.05, 4.69) is 28.2 Å². The molecule has 2 rings (SSSR count). The van der Waals surface area contributed by atoms with Crippen LogP contribution in [0.5, 0.6) is 0 Å². The third-order valence-electron chi connectivity index (χ3n) is 3.68. The predicted molar refractivity (Wildman–Crippen MR) is 75.6 cm³/mol. The van der Waals surface area contributed by atoms with Gasteiger partial charge in [-0.3, -0.25) is 4.21 Å². The van der Waals surface area contributed by atoms with E-state index < -0.39 is 10.8 Å². The van der Waals surface area contributed by atoms with E-state index in [1.54, 1.807) is 0 Å². The van der Waals surface area contributed by atoms with E-state index in [0.717, 1.165) is 22.2 Å². The maximum absolute atomic E-state index is 12.6. The van der Waals surface area contributed by atoms with Crippen LogP contribution in [0.2, 0.25) is 0 Å². The lowest BCUT2D eigenvalue weighted by molar-refractivity contribution is 0.460. The van der Waals surface area contributed by atoms with Gasteiger partial charge in [-0.1, -0.05) is 19.1 Å². The topological polar surface area (TPSA) is 29.1 Å². The molecule has 0 aromatic heterocycles. The van der Waals surface area contributed by atoms with Crippen LogP contribution in [0.4, 0.5) is 0 Å². The van der Waals surface area contributed by atoms with Crippen LogP contribution in [-0.2, 0) is 10.8 Å². The SMILES string of the molecule is CNC1CCC(S(=O)c2ccccc2Br)C1C. The van der Waals surface area contributed by atoms with E-state index in [-0.39, 0.29) is 5.25 Å². The monoisotopic (exact) mass is 315 g/mol. The van der Waals surface area contributed by atoms with Crippen molar-refractivity contribution in [1.82, 2.24) is 5.32 Å². The summed E-state index contributed by atoms with van der Waals surface area (Å²) in [6.45, 7) is 2.20. The fraction of sp³-hybridized carbons (Fsp3) is 0.538. The first kappa shape index (κ1) is 13.2. The van der Waals surface area contributed by atoms with Gasteiger partial charge in [0, 0.05) is 15.8 Å². The number of nitrogens with one attached hydrogen (secondary N) is 1. The summed E-state index contributed by atoms with van der Waals surface area (Å²) < 4.78 is 13.5. The van der Waals surface area contributed by atoms with Gasteiger partial charge in [0.25, 0.3) is 0 Å². The summed E-state index contributed by atoms with van der Waals surface area (Å²) >= 11 is 3.49. The zero-order valence-corrected chi connectivity index (χ0v) is 12.6. The van der Waals surface area contributed by atoms with Crippen molar-refractivity contribution in [2.24, 2.45) is 5.92 Å². The van der Waals surface area contributed by atoms with Crippen molar-refractivity contribution < 1.29 is 4.21 Å². The molecule has 0 aliphatic heterocycles. The number of rotatable bonds is 3. The van der Waals surface area contributed by atoms with Crippen molar-refractivity contribution >= 4 is 26.7 Å². The van der Waals surface area contributed by atoms with Crippen LogP contribution >= 0.6 is 15.9 Å². The molecule has 17 heavy (non-hydrogen) atoms. The second-order valence-electron chi connectivity index (χ2n) is 4.60. The Hall–Kier alpha value is -0.190. The molecular formula is C13H18BrNOS. The molecule has 1 aliphatic rings. The summed E-state index contributed by atoms with van der Waals surface area (Å²) in [7, 11) is 1.08. The molecule has 4 unspecified atom stereocenters. The van der Waals surface area contributed by atoms with E-state index in [1.165, 1.54) is 0 Å². The minimum Gasteiger partial charge on any atom is -0.317 e. The summed E-state index contributed by atoms with van der Waals surface area (Å²) in [5, 5.41) is 3.59. The lowest BCUT2D eigenvalue weighted by atomic mass is 10.1. The first-order valence-electron chi connectivity index (χ1n) is 5.97. The second kappa shape index (κ2) is 5.63. The molecular weight excluding hydrogens is 298 g/mol. The molecule has 0 radical (unpaired) electrons. The van der Waals surface area contributed by atoms with Gasteiger partial charge in [-0.2, -0.15) is 0 Å². The van der Waals surface area contributed by atoms with Gasteiger partial charge in [-0.25, -0.2) is 0 Å². The summed E-state index contributed by atoms with van der Waals surface area (Å²) in [5.41, 5.74) is 0. The highest BCUT2D eigenvalue weighted by atomic mass is 79.9. The lowest BCUT2D eigenvalue weighted by Gasteiger charge is -2.20. The summed E-state index contributed by atoms with van der Waals surface area (Å²) in [4.78, 5) is 0.932. The Bertz CT molecular complexity index is 424. The van der Waals surface area contributed by atoms with Gasteiger partial charge < -0.3 is 5.32 Å². The van der Waals surface area contributed by atoms with Crippen LogP contribution in [0.25, 0.3) is 0 Å². The highest BCUT2D eigenvalue weighted by Crippen LogP contribution is 2.34. The maximum Gasteiger partial charge on any atom is 0.0575 e.